The van der Waals surface area contributed by atoms with E-state index in [1.807, 2.05) is 4.90 Å². The maximum absolute atomic E-state index is 14.1. The van der Waals surface area contributed by atoms with Gasteiger partial charge in [-0.2, -0.15) is 9.40 Å². The van der Waals surface area contributed by atoms with Gasteiger partial charge in [-0.3, -0.25) is 9.58 Å². The highest BCUT2D eigenvalue weighted by Gasteiger charge is 2.32. The largest absolute Gasteiger partial charge is 0.478 e. The van der Waals surface area contributed by atoms with Crippen LogP contribution in [0.15, 0.2) is 29.3 Å². The lowest BCUT2D eigenvalue weighted by atomic mass is 10.2. The standard InChI is InChI=1S/C17H21FN4O4S/c1-12-4-3-5-14(18)16(12)27(25,26)22-8-6-21(7-9-22)11-15-13(17(23)24)10-19-20(15)2/h3-5,10H,6-9,11H2,1-2H3,(H,23,24). The molecule has 0 saturated carbocycles. The predicted molar refractivity (Wildman–Crippen MR) is 95.3 cm³/mol. The third-order valence-corrected chi connectivity index (χ3v) is 6.84. The Morgan fingerprint density at radius 1 is 1.26 bits per heavy atom. The average Bonchev–Trinajstić information content (AvgIpc) is 2.96. The van der Waals surface area contributed by atoms with Crippen molar-refractivity contribution < 1.29 is 22.7 Å². The van der Waals surface area contributed by atoms with Crippen LogP contribution in [0.4, 0.5) is 4.39 Å². The van der Waals surface area contributed by atoms with Crippen molar-refractivity contribution in [2.45, 2.75) is 18.4 Å². The van der Waals surface area contributed by atoms with Crippen LogP contribution in [0, 0.1) is 12.7 Å². The maximum Gasteiger partial charge on any atom is 0.339 e. The number of carbonyl (C=O) groups is 1. The second kappa shape index (κ2) is 7.37. The summed E-state index contributed by atoms with van der Waals surface area (Å²) in [5.74, 6) is -1.80. The van der Waals surface area contributed by atoms with Gasteiger partial charge in [0.15, 0.2) is 0 Å². The molecule has 1 aromatic heterocycles. The first kappa shape index (κ1) is 19.5. The van der Waals surface area contributed by atoms with E-state index >= 15 is 0 Å². The number of sulfonamides is 1. The van der Waals surface area contributed by atoms with Gasteiger partial charge in [0.1, 0.15) is 16.3 Å². The zero-order valence-corrected chi connectivity index (χ0v) is 15.9. The Kier molecular flexibility index (Phi) is 5.31. The van der Waals surface area contributed by atoms with Crippen molar-refractivity contribution >= 4 is 16.0 Å². The molecule has 2 aromatic rings. The molecule has 10 heteroatoms. The molecule has 1 saturated heterocycles. The number of piperazine rings is 1. The smallest absolute Gasteiger partial charge is 0.339 e. The molecule has 0 atom stereocenters. The topological polar surface area (TPSA) is 95.7 Å². The average molecular weight is 396 g/mol. The van der Waals surface area contributed by atoms with Gasteiger partial charge in [0.2, 0.25) is 10.0 Å². The molecule has 3 rings (SSSR count). The van der Waals surface area contributed by atoms with Crippen molar-refractivity contribution in [2.75, 3.05) is 26.2 Å². The van der Waals surface area contributed by atoms with Crippen LogP contribution < -0.4 is 0 Å². The first-order valence-corrected chi connectivity index (χ1v) is 9.87. The van der Waals surface area contributed by atoms with Crippen molar-refractivity contribution in [3.8, 4) is 0 Å². The Balaban J connectivity index is 1.73. The van der Waals surface area contributed by atoms with Crippen molar-refractivity contribution in [1.29, 1.82) is 0 Å². The lowest BCUT2D eigenvalue weighted by Crippen LogP contribution is -2.48. The lowest BCUT2D eigenvalue weighted by Gasteiger charge is -2.34. The van der Waals surface area contributed by atoms with E-state index in [-0.39, 0.29) is 23.5 Å². The van der Waals surface area contributed by atoms with Gasteiger partial charge in [-0.05, 0) is 18.6 Å². The summed E-state index contributed by atoms with van der Waals surface area (Å²) >= 11 is 0. The van der Waals surface area contributed by atoms with Crippen LogP contribution in [0.2, 0.25) is 0 Å². The molecule has 1 fully saturated rings. The van der Waals surface area contributed by atoms with E-state index in [2.05, 4.69) is 5.10 Å². The van der Waals surface area contributed by atoms with E-state index in [0.717, 1.165) is 6.07 Å². The Bertz CT molecular complexity index is 945. The number of hydrogen-bond donors (Lipinski definition) is 1. The van der Waals surface area contributed by atoms with E-state index in [0.29, 0.717) is 30.9 Å². The van der Waals surface area contributed by atoms with Crippen LogP contribution in [0.1, 0.15) is 21.6 Å². The van der Waals surface area contributed by atoms with Crippen LogP contribution in [0.25, 0.3) is 0 Å². The zero-order chi connectivity index (χ0) is 19.8. The van der Waals surface area contributed by atoms with Crippen LogP contribution in [-0.2, 0) is 23.6 Å². The molecular formula is C17H21FN4O4S. The summed E-state index contributed by atoms with van der Waals surface area (Å²) in [6, 6.07) is 4.20. The fourth-order valence-corrected chi connectivity index (χ4v) is 4.93. The highest BCUT2D eigenvalue weighted by molar-refractivity contribution is 7.89. The lowest BCUT2D eigenvalue weighted by molar-refractivity contribution is 0.0693. The molecule has 0 aliphatic carbocycles. The van der Waals surface area contributed by atoms with E-state index in [1.165, 1.54) is 21.3 Å². The van der Waals surface area contributed by atoms with Crippen molar-refractivity contribution in [2.24, 2.45) is 7.05 Å². The third kappa shape index (κ3) is 3.73. The van der Waals surface area contributed by atoms with Gasteiger partial charge in [-0.1, -0.05) is 12.1 Å². The number of aromatic nitrogens is 2. The first-order chi connectivity index (χ1) is 12.7. The number of aryl methyl sites for hydroxylation is 2. The molecule has 1 N–H and O–H groups in total. The molecule has 27 heavy (non-hydrogen) atoms. The Morgan fingerprint density at radius 2 is 1.93 bits per heavy atom. The SMILES string of the molecule is Cc1cccc(F)c1S(=O)(=O)N1CCN(Cc2c(C(=O)O)cnn2C)CC1. The highest BCUT2D eigenvalue weighted by Crippen LogP contribution is 2.24. The molecule has 1 aromatic carbocycles. The van der Waals surface area contributed by atoms with Gasteiger partial charge in [0.25, 0.3) is 0 Å². The van der Waals surface area contributed by atoms with E-state index in [1.54, 1.807) is 20.0 Å². The maximum atomic E-state index is 14.1. The molecule has 1 aliphatic rings. The quantitative estimate of drug-likeness (QED) is 0.812. The summed E-state index contributed by atoms with van der Waals surface area (Å²) in [5, 5.41) is 13.2. The predicted octanol–water partition coefficient (Wildman–Crippen LogP) is 1.07. The Hall–Kier alpha value is -2.30. The second-order valence-electron chi connectivity index (χ2n) is 6.50. The monoisotopic (exact) mass is 396 g/mol. The summed E-state index contributed by atoms with van der Waals surface area (Å²) in [5.41, 5.74) is 1.07. The summed E-state index contributed by atoms with van der Waals surface area (Å²) < 4.78 is 42.5. The number of rotatable bonds is 5. The zero-order valence-electron chi connectivity index (χ0n) is 15.1. The number of carboxylic acid groups (broad SMARTS) is 1. The van der Waals surface area contributed by atoms with Crippen molar-refractivity contribution in [1.82, 2.24) is 19.0 Å². The fourth-order valence-electron chi connectivity index (χ4n) is 3.24. The van der Waals surface area contributed by atoms with Crippen LogP contribution in [-0.4, -0.2) is 64.7 Å². The number of carboxylic acids is 1. The van der Waals surface area contributed by atoms with Gasteiger partial charge in [-0.25, -0.2) is 17.6 Å². The van der Waals surface area contributed by atoms with Crippen LogP contribution in [0.5, 0.6) is 0 Å². The van der Waals surface area contributed by atoms with E-state index in [9.17, 15) is 22.7 Å². The molecule has 0 amide bonds. The van der Waals surface area contributed by atoms with Gasteiger partial charge >= 0.3 is 5.97 Å². The number of hydrogen-bond acceptors (Lipinski definition) is 5. The molecule has 0 spiro atoms. The molecule has 0 radical (unpaired) electrons. The third-order valence-electron chi connectivity index (χ3n) is 4.76. The van der Waals surface area contributed by atoms with Gasteiger partial charge in [0.05, 0.1) is 11.9 Å². The van der Waals surface area contributed by atoms with E-state index < -0.39 is 21.8 Å². The molecule has 146 valence electrons. The number of halogens is 1. The number of benzene rings is 1. The summed E-state index contributed by atoms with van der Waals surface area (Å²) in [4.78, 5) is 13.0. The summed E-state index contributed by atoms with van der Waals surface area (Å²) in [6.45, 7) is 3.16. The molecule has 0 bridgehead atoms. The molecule has 0 unspecified atom stereocenters. The molecule has 8 nitrogen and oxygen atoms in total. The van der Waals surface area contributed by atoms with Gasteiger partial charge in [0, 0.05) is 39.8 Å². The number of nitrogens with zero attached hydrogens (tertiary/aromatic N) is 4. The van der Waals surface area contributed by atoms with Gasteiger partial charge in [-0.15, -0.1) is 0 Å². The highest BCUT2D eigenvalue weighted by atomic mass is 32.2. The van der Waals surface area contributed by atoms with Crippen LogP contribution >= 0.6 is 0 Å². The minimum Gasteiger partial charge on any atom is -0.478 e. The fraction of sp³-hybridized carbons (Fsp3) is 0.412. The van der Waals surface area contributed by atoms with Crippen molar-refractivity contribution in [3.05, 3.63) is 47.0 Å². The van der Waals surface area contributed by atoms with Crippen LogP contribution in [0.3, 0.4) is 0 Å². The summed E-state index contributed by atoms with van der Waals surface area (Å²) in [6.07, 6.45) is 1.30. The normalized spacial score (nSPS) is 16.6. The first-order valence-electron chi connectivity index (χ1n) is 8.43. The van der Waals surface area contributed by atoms with E-state index in [4.69, 9.17) is 0 Å². The van der Waals surface area contributed by atoms with Crippen molar-refractivity contribution in [3.63, 3.8) is 0 Å². The summed E-state index contributed by atoms with van der Waals surface area (Å²) in [7, 11) is -2.25. The molecule has 1 aliphatic heterocycles. The minimum absolute atomic E-state index is 0.134. The molecule has 2 heterocycles. The Labute approximate surface area is 156 Å². The Morgan fingerprint density at radius 3 is 2.52 bits per heavy atom. The number of aromatic carboxylic acids is 1. The molecular weight excluding hydrogens is 375 g/mol. The van der Waals surface area contributed by atoms with Gasteiger partial charge < -0.3 is 5.11 Å². The minimum atomic E-state index is -3.92. The second-order valence-corrected chi connectivity index (χ2v) is 8.37.